The summed E-state index contributed by atoms with van der Waals surface area (Å²) in [5.41, 5.74) is 0. The maximum absolute atomic E-state index is 9.55. The Morgan fingerprint density at radius 1 is 1.71 bits per heavy atom. The molecule has 0 aliphatic heterocycles. The molecule has 0 aliphatic rings. The Bertz CT molecular complexity index is 78.9. The van der Waals surface area contributed by atoms with Crippen LogP contribution < -0.4 is 0 Å². The van der Waals surface area contributed by atoms with E-state index in [1.54, 1.807) is 0 Å². The minimum absolute atomic E-state index is 0. The predicted octanol–water partition coefficient (Wildman–Crippen LogP) is -0.204. The van der Waals surface area contributed by atoms with Gasteiger partial charge in [0.2, 0.25) is 0 Å². The molecule has 0 aromatic rings. The summed E-state index contributed by atoms with van der Waals surface area (Å²) in [7, 11) is 0. The number of hydrogen-bond donors (Lipinski definition) is 1. The Morgan fingerprint density at radius 2 is 1.86 bits per heavy atom. The summed E-state index contributed by atoms with van der Waals surface area (Å²) in [6.07, 6.45) is 0. The van der Waals surface area contributed by atoms with Gasteiger partial charge in [-0.2, -0.15) is 0 Å². The summed E-state index contributed by atoms with van der Waals surface area (Å²) < 4.78 is -0.0116. The van der Waals surface area contributed by atoms with Crippen molar-refractivity contribution >= 4 is 39.3 Å². The van der Waals surface area contributed by atoms with Gasteiger partial charge in [-0.3, -0.25) is 0 Å². The van der Waals surface area contributed by atoms with E-state index in [1.165, 1.54) is 0 Å². The highest BCUT2D eigenvalue weighted by Crippen LogP contribution is 1.97. The third-order valence-corrected chi connectivity index (χ3v) is 0.571. The van der Waals surface area contributed by atoms with Crippen LogP contribution in [0.5, 0.6) is 0 Å². The van der Waals surface area contributed by atoms with Crippen molar-refractivity contribution in [1.82, 2.24) is 0 Å². The predicted molar refractivity (Wildman–Crippen MR) is 35.6 cm³/mol. The van der Waals surface area contributed by atoms with E-state index in [0.29, 0.717) is 0 Å². The Morgan fingerprint density at radius 3 is 1.86 bits per heavy atom. The number of aliphatic carboxylic acids is 1. The quantitative estimate of drug-likeness (QED) is 0.449. The van der Waals surface area contributed by atoms with Gasteiger partial charge in [0.25, 0.3) is 0 Å². The monoisotopic (exact) mass is 180 g/mol. The van der Waals surface area contributed by atoms with Gasteiger partial charge in [-0.1, -0.05) is 6.58 Å². The lowest BCUT2D eigenvalue weighted by Crippen LogP contribution is -1.89. The molecule has 0 amide bonds. The zero-order valence-electron chi connectivity index (χ0n) is 2.94. The van der Waals surface area contributed by atoms with Crippen LogP contribution >= 0.6 is 15.9 Å². The molecule has 0 spiro atoms. The van der Waals surface area contributed by atoms with Crippen molar-refractivity contribution in [3.8, 4) is 0 Å². The minimum Gasteiger partial charge on any atom is -0.477 e. The number of hydrogen-bond acceptors (Lipinski definition) is 1. The highest BCUT2D eigenvalue weighted by molar-refractivity contribution is 9.12. The molecule has 0 aromatic heterocycles. The van der Waals surface area contributed by atoms with Gasteiger partial charge < -0.3 is 5.11 Å². The molecule has 0 aliphatic carbocycles. The molecule has 0 fully saturated rings. The lowest BCUT2D eigenvalue weighted by molar-refractivity contribution is -0.131. The second-order valence-corrected chi connectivity index (χ2v) is 1.67. The lowest BCUT2D eigenvalue weighted by Gasteiger charge is -1.77. The summed E-state index contributed by atoms with van der Waals surface area (Å²) in [4.78, 5) is 9.55. The third-order valence-electron chi connectivity index (χ3n) is 0.232. The van der Waals surface area contributed by atoms with E-state index in [4.69, 9.17) is 5.11 Å². The van der Waals surface area contributed by atoms with Gasteiger partial charge in [0.15, 0.2) is 17.4 Å². The fraction of sp³-hybridized carbons (Fsp3) is 0. The van der Waals surface area contributed by atoms with Crippen LogP contribution in [-0.2, 0) is 4.79 Å². The average Bonchev–Trinajstić information content (AvgIpc) is 1.36. The van der Waals surface area contributed by atoms with Crippen molar-refractivity contribution in [2.75, 3.05) is 0 Å². The molecule has 0 bridgehead atoms. The largest absolute Gasteiger partial charge is 0.477 e. The van der Waals surface area contributed by atoms with E-state index in [-0.39, 0.29) is 21.8 Å². The first kappa shape index (κ1) is 10.3. The number of carboxylic acid groups (broad SMARTS) is 1. The smallest absolute Gasteiger partial charge is 0.342 e. The van der Waals surface area contributed by atoms with E-state index in [0.717, 1.165) is 0 Å². The van der Waals surface area contributed by atoms with Gasteiger partial charge in [0.1, 0.15) is 0 Å². The van der Waals surface area contributed by atoms with Gasteiger partial charge in [0.05, 0.1) is 4.48 Å². The van der Waals surface area contributed by atoms with Crippen molar-refractivity contribution in [3.05, 3.63) is 11.1 Å². The number of carboxylic acids is 1. The van der Waals surface area contributed by atoms with Gasteiger partial charge in [-0.15, -0.1) is 0 Å². The molecule has 0 heterocycles. The van der Waals surface area contributed by atoms with E-state index in [1.807, 2.05) is 0 Å². The first-order valence-electron chi connectivity index (χ1n) is 1.22. The molecule has 2 nitrogen and oxygen atoms in total. The maximum atomic E-state index is 9.55. The van der Waals surface area contributed by atoms with E-state index >= 15 is 0 Å². The highest BCUT2D eigenvalue weighted by atomic mass is 79.9. The van der Waals surface area contributed by atoms with Crippen LogP contribution in [0.4, 0.5) is 0 Å². The van der Waals surface area contributed by atoms with Crippen molar-refractivity contribution in [1.29, 1.82) is 0 Å². The number of carbonyl (C=O) groups is 1. The molecule has 0 atom stereocenters. The molecule has 0 aromatic carbocycles. The van der Waals surface area contributed by atoms with Crippen molar-refractivity contribution in [2.24, 2.45) is 0 Å². The van der Waals surface area contributed by atoms with Gasteiger partial charge in [-0.05, 0) is 15.9 Å². The fourth-order valence-electron chi connectivity index (χ4n) is 0. The van der Waals surface area contributed by atoms with Crippen LogP contribution in [0.25, 0.3) is 0 Å². The van der Waals surface area contributed by atoms with Gasteiger partial charge >= 0.3 is 5.97 Å². The molecule has 40 valence electrons. The lowest BCUT2D eigenvalue weighted by atomic mass is 10.7. The topological polar surface area (TPSA) is 37.3 Å². The van der Waals surface area contributed by atoms with E-state index in [2.05, 4.69) is 22.5 Å². The molecule has 4 heteroatoms. The van der Waals surface area contributed by atoms with Gasteiger partial charge in [0, 0.05) is 0 Å². The highest BCUT2D eigenvalue weighted by Gasteiger charge is 1.93. The van der Waals surface area contributed by atoms with E-state index < -0.39 is 5.97 Å². The number of rotatable bonds is 1. The van der Waals surface area contributed by atoms with E-state index in [9.17, 15) is 4.79 Å². The third kappa shape index (κ3) is 6.22. The Hall–Kier alpha value is 0.222. The normalized spacial score (nSPS) is 6.43. The van der Waals surface area contributed by atoms with Crippen LogP contribution in [0.3, 0.4) is 0 Å². The molecular formula is C3H6AlBrO2. The Labute approximate surface area is 60.5 Å². The second kappa shape index (κ2) is 4.38. The molecule has 1 N–H and O–H groups in total. The van der Waals surface area contributed by atoms with Crippen molar-refractivity contribution in [2.45, 2.75) is 0 Å². The van der Waals surface area contributed by atoms with Crippen molar-refractivity contribution in [3.63, 3.8) is 0 Å². The molecule has 0 saturated heterocycles. The zero-order chi connectivity index (χ0) is 5.15. The molecule has 0 rings (SSSR count). The Balaban J connectivity index is 0. The standard InChI is InChI=1S/C3H3BrO2.Al.3H/c1-2(4)3(5)6;;;;/h1H2,(H,5,6);;;;. The Kier molecular flexibility index (Phi) is 6.42. The first-order chi connectivity index (χ1) is 2.64. The van der Waals surface area contributed by atoms with Crippen LogP contribution in [0.1, 0.15) is 0 Å². The van der Waals surface area contributed by atoms with Crippen LogP contribution in [0.15, 0.2) is 11.1 Å². The molecular weight excluding hydrogens is 175 g/mol. The van der Waals surface area contributed by atoms with Crippen LogP contribution in [0, 0.1) is 0 Å². The van der Waals surface area contributed by atoms with Gasteiger partial charge in [-0.25, -0.2) is 4.79 Å². The summed E-state index contributed by atoms with van der Waals surface area (Å²) in [6, 6.07) is 0. The molecule has 0 unspecified atom stereocenters. The molecule has 0 radical (unpaired) electrons. The zero-order valence-corrected chi connectivity index (χ0v) is 4.53. The second-order valence-electron chi connectivity index (χ2n) is 0.710. The average molecular weight is 181 g/mol. The fourth-order valence-corrected chi connectivity index (χ4v) is 0. The summed E-state index contributed by atoms with van der Waals surface area (Å²) in [6.45, 7) is 3.07. The first-order valence-corrected chi connectivity index (χ1v) is 2.01. The summed E-state index contributed by atoms with van der Waals surface area (Å²) >= 11 is 2.64. The van der Waals surface area contributed by atoms with Crippen molar-refractivity contribution < 1.29 is 9.90 Å². The van der Waals surface area contributed by atoms with Crippen LogP contribution in [-0.4, -0.2) is 28.4 Å². The van der Waals surface area contributed by atoms with Crippen LogP contribution in [0.2, 0.25) is 0 Å². The maximum Gasteiger partial charge on any atom is 0.342 e. The molecule has 7 heavy (non-hydrogen) atoms. The summed E-state index contributed by atoms with van der Waals surface area (Å²) in [5.74, 6) is -1.02. The number of halogens is 1. The SMILES string of the molecule is C=C(Br)C(=O)O.[AlH3]. The molecule has 0 saturated carbocycles. The minimum atomic E-state index is -1.02. The summed E-state index contributed by atoms with van der Waals surface area (Å²) in [5, 5.41) is 7.84.